The molecule has 0 aliphatic carbocycles. The monoisotopic (exact) mass is 501 g/mol. The van der Waals surface area contributed by atoms with Crippen LogP contribution in [0.4, 0.5) is 4.39 Å². The molecular formula is C30H32FN3O3. The summed E-state index contributed by atoms with van der Waals surface area (Å²) in [4.78, 5) is 33.2. The van der Waals surface area contributed by atoms with Gasteiger partial charge in [0.2, 0.25) is 5.91 Å². The molecule has 4 aromatic rings. The number of carbonyl (C=O) groups excluding carboxylic acids is 2. The molecule has 0 saturated carbocycles. The number of H-pyrrole nitrogens is 1. The maximum Gasteiger partial charge on any atom is 0.257 e. The minimum Gasteiger partial charge on any atom is -0.383 e. The number of fused-ring (bicyclic) bond motifs is 1. The molecule has 4 rings (SSSR count). The van der Waals surface area contributed by atoms with E-state index < -0.39 is 11.7 Å². The first-order valence-electron chi connectivity index (χ1n) is 12.4. The first kappa shape index (κ1) is 26.1. The topological polar surface area (TPSA) is 65.6 Å². The zero-order valence-electron chi connectivity index (χ0n) is 21.2. The molecular weight excluding hydrogens is 469 g/mol. The van der Waals surface area contributed by atoms with Crippen molar-refractivity contribution >= 4 is 22.7 Å². The van der Waals surface area contributed by atoms with Crippen LogP contribution in [0.1, 0.15) is 27.0 Å². The summed E-state index contributed by atoms with van der Waals surface area (Å²) < 4.78 is 19.5. The van der Waals surface area contributed by atoms with E-state index in [1.54, 1.807) is 11.0 Å². The highest BCUT2D eigenvalue weighted by atomic mass is 19.1. The number of nitrogens with one attached hydrogen (secondary N) is 1. The Kier molecular flexibility index (Phi) is 8.69. The smallest absolute Gasteiger partial charge is 0.257 e. The van der Waals surface area contributed by atoms with Crippen molar-refractivity contribution in [1.29, 1.82) is 0 Å². The van der Waals surface area contributed by atoms with Crippen LogP contribution in [-0.4, -0.2) is 59.9 Å². The molecule has 6 nitrogen and oxygen atoms in total. The molecule has 0 aliphatic rings. The Morgan fingerprint density at radius 2 is 1.65 bits per heavy atom. The second-order valence-electron chi connectivity index (χ2n) is 9.11. The summed E-state index contributed by atoms with van der Waals surface area (Å²) in [6.45, 7) is 3.15. The van der Waals surface area contributed by atoms with Gasteiger partial charge in [-0.25, -0.2) is 4.39 Å². The Hall–Kier alpha value is -3.97. The molecule has 0 unspecified atom stereocenters. The largest absolute Gasteiger partial charge is 0.383 e. The number of methoxy groups -OCH3 is 1. The van der Waals surface area contributed by atoms with Crippen LogP contribution in [0.15, 0.2) is 79.0 Å². The molecule has 0 aliphatic heterocycles. The first-order valence-corrected chi connectivity index (χ1v) is 12.4. The van der Waals surface area contributed by atoms with Crippen molar-refractivity contribution in [2.45, 2.75) is 19.9 Å². The number of ether oxygens (including phenoxy) is 1. The van der Waals surface area contributed by atoms with Crippen molar-refractivity contribution in [3.63, 3.8) is 0 Å². The summed E-state index contributed by atoms with van der Waals surface area (Å²) in [6.07, 6.45) is 2.63. The van der Waals surface area contributed by atoms with Gasteiger partial charge in [0.25, 0.3) is 5.91 Å². The van der Waals surface area contributed by atoms with Crippen LogP contribution in [0.5, 0.6) is 0 Å². The van der Waals surface area contributed by atoms with Crippen LogP contribution in [0.2, 0.25) is 0 Å². The predicted octanol–water partition coefficient (Wildman–Crippen LogP) is 4.98. The third-order valence-corrected chi connectivity index (χ3v) is 6.46. The third kappa shape index (κ3) is 6.62. The van der Waals surface area contributed by atoms with Gasteiger partial charge in [-0.1, -0.05) is 60.2 Å². The van der Waals surface area contributed by atoms with Crippen LogP contribution in [0.3, 0.4) is 0 Å². The number of aromatic amines is 1. The van der Waals surface area contributed by atoms with Gasteiger partial charge in [0.15, 0.2) is 0 Å². The number of benzene rings is 3. The minimum absolute atomic E-state index is 0.0599. The predicted molar refractivity (Wildman–Crippen MR) is 143 cm³/mol. The average molecular weight is 502 g/mol. The second kappa shape index (κ2) is 12.3. The quantitative estimate of drug-likeness (QED) is 0.315. The van der Waals surface area contributed by atoms with Gasteiger partial charge >= 0.3 is 0 Å². The molecule has 37 heavy (non-hydrogen) atoms. The van der Waals surface area contributed by atoms with Gasteiger partial charge in [0.05, 0.1) is 12.2 Å². The summed E-state index contributed by atoms with van der Waals surface area (Å²) in [6, 6.07) is 21.9. The molecule has 2 amide bonds. The van der Waals surface area contributed by atoms with Crippen LogP contribution in [0.25, 0.3) is 10.9 Å². The van der Waals surface area contributed by atoms with Crippen molar-refractivity contribution in [2.75, 3.05) is 33.4 Å². The Balaban J connectivity index is 1.55. The number of aromatic nitrogens is 1. The van der Waals surface area contributed by atoms with Crippen molar-refractivity contribution in [1.82, 2.24) is 14.8 Å². The molecule has 1 N–H and O–H groups in total. The average Bonchev–Trinajstić information content (AvgIpc) is 3.33. The van der Waals surface area contributed by atoms with Gasteiger partial charge in [0.1, 0.15) is 12.4 Å². The van der Waals surface area contributed by atoms with E-state index in [1.165, 1.54) is 30.2 Å². The van der Waals surface area contributed by atoms with E-state index in [0.717, 1.165) is 27.6 Å². The minimum atomic E-state index is -0.613. The Labute approximate surface area is 216 Å². The Morgan fingerprint density at radius 1 is 0.919 bits per heavy atom. The number of nitrogens with zero attached hydrogens (tertiary/aromatic N) is 2. The van der Waals surface area contributed by atoms with E-state index in [1.807, 2.05) is 55.6 Å². The van der Waals surface area contributed by atoms with Gasteiger partial charge in [-0.05, 0) is 42.7 Å². The fourth-order valence-corrected chi connectivity index (χ4v) is 4.32. The molecule has 7 heteroatoms. The van der Waals surface area contributed by atoms with Gasteiger partial charge in [-0.2, -0.15) is 0 Å². The summed E-state index contributed by atoms with van der Waals surface area (Å²) in [7, 11) is 1.53. The molecule has 0 radical (unpaired) electrons. The molecule has 0 atom stereocenters. The normalized spacial score (nSPS) is 11.0. The zero-order valence-corrected chi connectivity index (χ0v) is 21.2. The third-order valence-electron chi connectivity index (χ3n) is 6.46. The van der Waals surface area contributed by atoms with E-state index in [-0.39, 0.29) is 31.2 Å². The molecule has 0 fully saturated rings. The lowest BCUT2D eigenvalue weighted by atomic mass is 10.1. The number of para-hydroxylation sites is 1. The lowest BCUT2D eigenvalue weighted by Crippen LogP contribution is -2.44. The molecule has 0 saturated heterocycles. The van der Waals surface area contributed by atoms with Crippen LogP contribution in [0, 0.1) is 12.7 Å². The number of hydrogen-bond donors (Lipinski definition) is 1. The molecule has 1 aromatic heterocycles. The summed E-state index contributed by atoms with van der Waals surface area (Å²) in [5, 5.41) is 1.13. The van der Waals surface area contributed by atoms with Crippen molar-refractivity contribution < 1.29 is 18.7 Å². The fourth-order valence-electron chi connectivity index (χ4n) is 4.32. The maximum absolute atomic E-state index is 14.4. The van der Waals surface area contributed by atoms with Crippen molar-refractivity contribution in [3.8, 4) is 0 Å². The number of halogens is 1. The number of amides is 2. The van der Waals surface area contributed by atoms with Gasteiger partial charge < -0.3 is 19.5 Å². The summed E-state index contributed by atoms with van der Waals surface area (Å²) in [5.74, 6) is -1.35. The number of hydrogen-bond acceptors (Lipinski definition) is 3. The number of rotatable bonds is 11. The summed E-state index contributed by atoms with van der Waals surface area (Å²) >= 11 is 0. The highest BCUT2D eigenvalue weighted by molar-refractivity contribution is 5.96. The molecule has 0 bridgehead atoms. The Morgan fingerprint density at radius 3 is 2.41 bits per heavy atom. The standard InChI is InChI=1S/C30H32FN3O3/c1-22-11-13-23(14-12-22)20-33(16-15-24-19-32-28-10-6-4-7-25(24)28)29(35)21-34(17-18-37-2)30(36)26-8-3-5-9-27(26)31/h3-14,19,32H,15-18,20-21H2,1-2H3. The first-order chi connectivity index (χ1) is 18.0. The molecule has 3 aromatic carbocycles. The summed E-state index contributed by atoms with van der Waals surface area (Å²) in [5.41, 5.74) is 4.25. The highest BCUT2D eigenvalue weighted by Gasteiger charge is 2.24. The molecule has 0 spiro atoms. The van der Waals surface area contributed by atoms with Crippen LogP contribution >= 0.6 is 0 Å². The maximum atomic E-state index is 14.4. The lowest BCUT2D eigenvalue weighted by Gasteiger charge is -2.28. The zero-order chi connectivity index (χ0) is 26.2. The highest BCUT2D eigenvalue weighted by Crippen LogP contribution is 2.19. The van der Waals surface area contributed by atoms with E-state index in [4.69, 9.17) is 4.74 Å². The van der Waals surface area contributed by atoms with Crippen LogP contribution < -0.4 is 0 Å². The molecule has 1 heterocycles. The van der Waals surface area contributed by atoms with Crippen LogP contribution in [-0.2, 0) is 22.5 Å². The SMILES string of the molecule is COCCN(CC(=O)N(CCc1c[nH]c2ccccc12)Cc1ccc(C)cc1)C(=O)c1ccccc1F. The van der Waals surface area contributed by atoms with Gasteiger partial charge in [-0.3, -0.25) is 9.59 Å². The fraction of sp³-hybridized carbons (Fsp3) is 0.267. The van der Waals surface area contributed by atoms with E-state index >= 15 is 0 Å². The van der Waals surface area contributed by atoms with Crippen molar-refractivity contribution in [2.24, 2.45) is 0 Å². The Bertz CT molecular complexity index is 1350. The van der Waals surface area contributed by atoms with Crippen molar-refractivity contribution in [3.05, 3.63) is 107 Å². The number of carbonyl (C=O) groups is 2. The van der Waals surface area contributed by atoms with Gasteiger partial charge in [-0.15, -0.1) is 0 Å². The lowest BCUT2D eigenvalue weighted by molar-refractivity contribution is -0.132. The number of aryl methyl sites for hydroxylation is 1. The van der Waals surface area contributed by atoms with Gasteiger partial charge in [0, 0.05) is 43.8 Å². The van der Waals surface area contributed by atoms with E-state index in [2.05, 4.69) is 11.1 Å². The molecule has 192 valence electrons. The second-order valence-corrected chi connectivity index (χ2v) is 9.11. The van der Waals surface area contributed by atoms with E-state index in [0.29, 0.717) is 19.5 Å². The van der Waals surface area contributed by atoms with E-state index in [9.17, 15) is 14.0 Å².